The molecule has 146 valence electrons. The molecule has 2 rings (SSSR count). The molecule has 0 saturated carbocycles. The summed E-state index contributed by atoms with van der Waals surface area (Å²) in [5, 5.41) is 9.36. The molecule has 0 unspecified atom stereocenters. The maximum atomic E-state index is 12.3. The second kappa shape index (κ2) is 9.96. The first-order valence-electron chi connectivity index (χ1n) is 9.71. The number of aryl methyl sites for hydroxylation is 1. The number of rotatable bonds is 6. The van der Waals surface area contributed by atoms with Crippen molar-refractivity contribution in [1.82, 2.24) is 9.47 Å². The number of nitriles is 1. The quantitative estimate of drug-likeness (QED) is 0.436. The zero-order valence-electron chi connectivity index (χ0n) is 16.6. The van der Waals surface area contributed by atoms with E-state index in [2.05, 4.69) is 11.5 Å². The van der Waals surface area contributed by atoms with Gasteiger partial charge in [-0.3, -0.25) is 4.79 Å². The summed E-state index contributed by atoms with van der Waals surface area (Å²) in [6, 6.07) is 3.86. The second-order valence-corrected chi connectivity index (χ2v) is 7.02. The summed E-state index contributed by atoms with van der Waals surface area (Å²) in [7, 11) is 0. The van der Waals surface area contributed by atoms with Gasteiger partial charge in [-0.15, -0.1) is 0 Å². The Labute approximate surface area is 161 Å². The van der Waals surface area contributed by atoms with Gasteiger partial charge in [-0.1, -0.05) is 19.8 Å². The Morgan fingerprint density at radius 1 is 1.22 bits per heavy atom. The molecule has 0 N–H and O–H groups in total. The van der Waals surface area contributed by atoms with E-state index in [1.165, 1.54) is 0 Å². The molecule has 0 bridgehead atoms. The van der Waals surface area contributed by atoms with E-state index < -0.39 is 5.97 Å². The molecule has 1 aromatic rings. The monoisotopic (exact) mass is 371 g/mol. The molecule has 1 fully saturated rings. The molecule has 2 heterocycles. The van der Waals surface area contributed by atoms with Crippen molar-refractivity contribution in [3.8, 4) is 6.07 Å². The van der Waals surface area contributed by atoms with Crippen LogP contribution >= 0.6 is 0 Å². The van der Waals surface area contributed by atoms with E-state index in [0.717, 1.165) is 55.6 Å². The van der Waals surface area contributed by atoms with Gasteiger partial charge < -0.3 is 14.2 Å². The number of hydrogen-bond donors (Lipinski definition) is 0. The third-order valence-corrected chi connectivity index (χ3v) is 4.99. The lowest BCUT2D eigenvalue weighted by Gasteiger charge is -2.19. The van der Waals surface area contributed by atoms with Gasteiger partial charge in [0.05, 0.1) is 0 Å². The lowest BCUT2D eigenvalue weighted by molar-refractivity contribution is -0.148. The molecule has 0 aliphatic carbocycles. The molecular weight excluding hydrogens is 342 g/mol. The van der Waals surface area contributed by atoms with Gasteiger partial charge in [-0.05, 0) is 50.8 Å². The molecule has 1 aliphatic heterocycles. The lowest BCUT2D eigenvalue weighted by Crippen LogP contribution is -2.35. The fraction of sp³-hybridized carbons (Fsp3) is 0.571. The molecular formula is C21H29N3O3. The van der Waals surface area contributed by atoms with Crippen LogP contribution in [0.5, 0.6) is 0 Å². The van der Waals surface area contributed by atoms with Gasteiger partial charge >= 0.3 is 5.97 Å². The Morgan fingerprint density at radius 3 is 2.48 bits per heavy atom. The van der Waals surface area contributed by atoms with Gasteiger partial charge in [0, 0.05) is 31.0 Å². The van der Waals surface area contributed by atoms with Crippen LogP contribution in [0.25, 0.3) is 6.08 Å². The predicted octanol–water partition coefficient (Wildman–Crippen LogP) is 3.37. The van der Waals surface area contributed by atoms with Crippen molar-refractivity contribution in [1.29, 1.82) is 5.26 Å². The van der Waals surface area contributed by atoms with Crippen molar-refractivity contribution >= 4 is 18.0 Å². The number of amides is 1. The van der Waals surface area contributed by atoms with E-state index in [0.29, 0.717) is 13.1 Å². The van der Waals surface area contributed by atoms with Gasteiger partial charge in [0.1, 0.15) is 11.6 Å². The molecule has 1 amide bonds. The summed E-state index contributed by atoms with van der Waals surface area (Å²) in [6.45, 7) is 8.08. The predicted molar refractivity (Wildman–Crippen MR) is 104 cm³/mol. The highest BCUT2D eigenvalue weighted by atomic mass is 16.5. The lowest BCUT2D eigenvalue weighted by atomic mass is 10.1. The number of aromatic nitrogens is 1. The van der Waals surface area contributed by atoms with E-state index in [4.69, 9.17) is 4.74 Å². The van der Waals surface area contributed by atoms with Crippen molar-refractivity contribution in [3.63, 3.8) is 0 Å². The van der Waals surface area contributed by atoms with Crippen molar-refractivity contribution in [3.05, 3.63) is 28.6 Å². The summed E-state index contributed by atoms with van der Waals surface area (Å²) in [5.74, 6) is -0.940. The fourth-order valence-electron chi connectivity index (χ4n) is 3.45. The largest absolute Gasteiger partial charge is 0.451 e. The smallest absolute Gasteiger partial charge is 0.349 e. The molecule has 6 heteroatoms. The van der Waals surface area contributed by atoms with E-state index in [1.54, 1.807) is 11.0 Å². The minimum atomic E-state index is -0.749. The van der Waals surface area contributed by atoms with Gasteiger partial charge in [0.25, 0.3) is 5.91 Å². The zero-order valence-corrected chi connectivity index (χ0v) is 16.6. The normalized spacial score (nSPS) is 15.2. The summed E-state index contributed by atoms with van der Waals surface area (Å²) in [6.07, 6.45) is 6.77. The van der Waals surface area contributed by atoms with Crippen LogP contribution in [0.2, 0.25) is 0 Å². The van der Waals surface area contributed by atoms with Crippen LogP contribution in [0.1, 0.15) is 56.0 Å². The molecule has 1 saturated heterocycles. The average Bonchev–Trinajstić information content (AvgIpc) is 2.87. The van der Waals surface area contributed by atoms with Gasteiger partial charge in [-0.25, -0.2) is 4.79 Å². The maximum absolute atomic E-state index is 12.3. The summed E-state index contributed by atoms with van der Waals surface area (Å²) < 4.78 is 7.28. The highest BCUT2D eigenvalue weighted by Crippen LogP contribution is 2.19. The van der Waals surface area contributed by atoms with Crippen LogP contribution in [0.15, 0.2) is 11.6 Å². The van der Waals surface area contributed by atoms with E-state index in [-0.39, 0.29) is 18.1 Å². The van der Waals surface area contributed by atoms with Crippen molar-refractivity contribution in [2.24, 2.45) is 0 Å². The van der Waals surface area contributed by atoms with E-state index in [1.807, 2.05) is 26.0 Å². The minimum absolute atomic E-state index is 0.0876. The Morgan fingerprint density at radius 2 is 1.89 bits per heavy atom. The Balaban J connectivity index is 2.03. The van der Waals surface area contributed by atoms with Crippen LogP contribution in [-0.4, -0.2) is 41.0 Å². The van der Waals surface area contributed by atoms with E-state index in [9.17, 15) is 14.9 Å². The first-order valence-corrected chi connectivity index (χ1v) is 9.71. The zero-order chi connectivity index (χ0) is 19.8. The number of nitrogens with zero attached hydrogens (tertiary/aromatic N) is 3. The van der Waals surface area contributed by atoms with Crippen molar-refractivity contribution < 1.29 is 14.3 Å². The highest BCUT2D eigenvalue weighted by Gasteiger charge is 2.19. The molecule has 1 aromatic heterocycles. The Bertz CT molecular complexity index is 747. The standard InChI is InChI=1S/C21H29N3O3/c1-4-9-24-16(2)12-18(17(24)3)13-19(14-22)21(26)27-15-20(25)23-10-7-5-6-8-11-23/h12-13H,4-11,15H2,1-3H3/b19-13+. The molecule has 6 nitrogen and oxygen atoms in total. The molecule has 0 spiro atoms. The SMILES string of the molecule is CCCn1c(C)cc(/C=C(\C#N)C(=O)OCC(=O)N2CCCCCC2)c1C. The first-order chi connectivity index (χ1) is 13.0. The van der Waals surface area contributed by atoms with Gasteiger partial charge in [-0.2, -0.15) is 5.26 Å². The third-order valence-electron chi connectivity index (χ3n) is 4.99. The minimum Gasteiger partial charge on any atom is -0.451 e. The maximum Gasteiger partial charge on any atom is 0.349 e. The number of likely N-dealkylation sites (tertiary alicyclic amines) is 1. The topological polar surface area (TPSA) is 75.3 Å². The summed E-state index contributed by atoms with van der Waals surface area (Å²) in [4.78, 5) is 26.3. The van der Waals surface area contributed by atoms with Gasteiger partial charge in [0.2, 0.25) is 0 Å². The molecule has 1 aliphatic rings. The number of ether oxygens (including phenoxy) is 1. The van der Waals surface area contributed by atoms with Gasteiger partial charge in [0.15, 0.2) is 6.61 Å². The van der Waals surface area contributed by atoms with Crippen LogP contribution in [0.4, 0.5) is 0 Å². The molecule has 0 radical (unpaired) electrons. The number of carbonyl (C=O) groups excluding carboxylic acids is 2. The number of hydrogen-bond acceptors (Lipinski definition) is 4. The van der Waals surface area contributed by atoms with E-state index >= 15 is 0 Å². The number of carbonyl (C=O) groups is 2. The summed E-state index contributed by atoms with van der Waals surface area (Å²) in [5.41, 5.74) is 2.84. The van der Waals surface area contributed by atoms with Crippen LogP contribution in [-0.2, 0) is 20.9 Å². The van der Waals surface area contributed by atoms with Crippen LogP contribution in [0, 0.1) is 25.2 Å². The van der Waals surface area contributed by atoms with Crippen molar-refractivity contribution in [2.75, 3.05) is 19.7 Å². The fourth-order valence-corrected chi connectivity index (χ4v) is 3.45. The molecule has 0 atom stereocenters. The van der Waals surface area contributed by atoms with Crippen LogP contribution in [0.3, 0.4) is 0 Å². The van der Waals surface area contributed by atoms with Crippen molar-refractivity contribution in [2.45, 2.75) is 59.4 Å². The van der Waals surface area contributed by atoms with Crippen LogP contribution < -0.4 is 0 Å². The highest BCUT2D eigenvalue weighted by molar-refractivity contribution is 5.99. The average molecular weight is 371 g/mol. The third kappa shape index (κ3) is 5.46. The Hall–Kier alpha value is -2.55. The molecule has 27 heavy (non-hydrogen) atoms. The Kier molecular flexibility index (Phi) is 7.66. The number of esters is 1. The summed E-state index contributed by atoms with van der Waals surface area (Å²) >= 11 is 0. The second-order valence-electron chi connectivity index (χ2n) is 7.02. The first kappa shape index (κ1) is 20.8. The molecule has 0 aromatic carbocycles.